The smallest absolute Gasteiger partial charge is 0.206 e. The lowest BCUT2D eigenvalue weighted by molar-refractivity contribution is 0.0874. The largest absolute Gasteiger partial charge is 0.464 e. The molecule has 3 rings (SSSR count). The average molecular weight is 293 g/mol. The Morgan fingerprint density at radius 1 is 1.40 bits per heavy atom. The van der Waals surface area contributed by atoms with Crippen molar-refractivity contribution in [2.45, 2.75) is 32.7 Å². The number of aryl methyl sites for hydroxylation is 1. The number of hydrogen-bond donors (Lipinski definition) is 0. The van der Waals surface area contributed by atoms with E-state index in [1.54, 1.807) is 0 Å². The molecule has 0 radical (unpaired) electrons. The van der Waals surface area contributed by atoms with E-state index >= 15 is 0 Å². The highest BCUT2D eigenvalue weighted by molar-refractivity contribution is 7.09. The number of anilines is 1. The zero-order valence-electron chi connectivity index (χ0n) is 12.0. The third-order valence-corrected chi connectivity index (χ3v) is 4.18. The SMILES string of the molecule is Cc1ccc(C2COCCN2c2nc(C(C)C)ns2)o1. The molecule has 3 heterocycles. The van der Waals surface area contributed by atoms with Crippen LogP contribution in [0.25, 0.3) is 0 Å². The van der Waals surface area contributed by atoms with Crippen molar-refractivity contribution in [2.75, 3.05) is 24.7 Å². The molecule has 1 atom stereocenters. The fourth-order valence-corrected chi connectivity index (χ4v) is 3.16. The van der Waals surface area contributed by atoms with E-state index in [4.69, 9.17) is 9.15 Å². The van der Waals surface area contributed by atoms with Crippen LogP contribution < -0.4 is 4.90 Å². The lowest BCUT2D eigenvalue weighted by Crippen LogP contribution is -2.39. The normalized spacial score (nSPS) is 19.8. The van der Waals surface area contributed by atoms with Gasteiger partial charge in [0.25, 0.3) is 0 Å². The maximum absolute atomic E-state index is 5.76. The van der Waals surface area contributed by atoms with Crippen molar-refractivity contribution in [3.8, 4) is 0 Å². The maximum atomic E-state index is 5.76. The molecule has 5 nitrogen and oxygen atoms in total. The number of nitrogens with zero attached hydrogens (tertiary/aromatic N) is 3. The molecular formula is C14H19N3O2S. The van der Waals surface area contributed by atoms with Gasteiger partial charge in [0.2, 0.25) is 5.13 Å². The van der Waals surface area contributed by atoms with Gasteiger partial charge in [-0.2, -0.15) is 4.37 Å². The quantitative estimate of drug-likeness (QED) is 0.870. The summed E-state index contributed by atoms with van der Waals surface area (Å²) in [5.41, 5.74) is 0. The van der Waals surface area contributed by atoms with Gasteiger partial charge in [0.1, 0.15) is 23.4 Å². The van der Waals surface area contributed by atoms with Crippen LogP contribution in [0.4, 0.5) is 5.13 Å². The van der Waals surface area contributed by atoms with E-state index in [-0.39, 0.29) is 6.04 Å². The molecule has 2 aromatic rings. The van der Waals surface area contributed by atoms with Crippen LogP contribution in [0.5, 0.6) is 0 Å². The first-order valence-electron chi connectivity index (χ1n) is 6.89. The van der Waals surface area contributed by atoms with Crippen molar-refractivity contribution in [1.82, 2.24) is 9.36 Å². The van der Waals surface area contributed by atoms with Crippen LogP contribution in [0.3, 0.4) is 0 Å². The molecule has 0 saturated carbocycles. The van der Waals surface area contributed by atoms with Gasteiger partial charge in [-0.15, -0.1) is 0 Å². The van der Waals surface area contributed by atoms with Crippen molar-refractivity contribution in [2.24, 2.45) is 0 Å². The fraction of sp³-hybridized carbons (Fsp3) is 0.571. The summed E-state index contributed by atoms with van der Waals surface area (Å²) < 4.78 is 15.8. The Hall–Kier alpha value is -1.40. The van der Waals surface area contributed by atoms with Gasteiger partial charge in [-0.05, 0) is 19.1 Å². The van der Waals surface area contributed by atoms with Crippen molar-refractivity contribution in [3.63, 3.8) is 0 Å². The van der Waals surface area contributed by atoms with Crippen molar-refractivity contribution >= 4 is 16.7 Å². The summed E-state index contributed by atoms with van der Waals surface area (Å²) >= 11 is 1.46. The Kier molecular flexibility index (Phi) is 3.76. The second-order valence-electron chi connectivity index (χ2n) is 5.32. The summed E-state index contributed by atoms with van der Waals surface area (Å²) in [5.74, 6) is 3.12. The predicted octanol–water partition coefficient (Wildman–Crippen LogP) is 3.14. The minimum Gasteiger partial charge on any atom is -0.464 e. The molecule has 1 saturated heterocycles. The molecule has 20 heavy (non-hydrogen) atoms. The van der Waals surface area contributed by atoms with Crippen molar-refractivity contribution in [1.29, 1.82) is 0 Å². The van der Waals surface area contributed by atoms with Crippen LogP contribution in [0.2, 0.25) is 0 Å². The number of rotatable bonds is 3. The van der Waals surface area contributed by atoms with Gasteiger partial charge in [-0.3, -0.25) is 0 Å². The van der Waals surface area contributed by atoms with Gasteiger partial charge in [-0.1, -0.05) is 13.8 Å². The molecule has 1 unspecified atom stereocenters. The molecule has 0 N–H and O–H groups in total. The van der Waals surface area contributed by atoms with Gasteiger partial charge in [0.15, 0.2) is 0 Å². The van der Waals surface area contributed by atoms with Crippen LogP contribution in [-0.2, 0) is 4.74 Å². The summed E-state index contributed by atoms with van der Waals surface area (Å²) in [5, 5.41) is 0.955. The molecular weight excluding hydrogens is 274 g/mol. The summed E-state index contributed by atoms with van der Waals surface area (Å²) in [6.07, 6.45) is 0. The van der Waals surface area contributed by atoms with Crippen molar-refractivity contribution in [3.05, 3.63) is 29.5 Å². The molecule has 0 spiro atoms. The van der Waals surface area contributed by atoms with Gasteiger partial charge in [0, 0.05) is 24.0 Å². The standard InChI is InChI=1S/C14H19N3O2S/c1-9(2)13-15-14(20-16-13)17-6-7-18-8-11(17)12-5-4-10(3)19-12/h4-5,9,11H,6-8H2,1-3H3. The topological polar surface area (TPSA) is 51.4 Å². The van der Waals surface area contributed by atoms with Crippen LogP contribution in [0, 0.1) is 6.92 Å². The zero-order valence-corrected chi connectivity index (χ0v) is 12.8. The maximum Gasteiger partial charge on any atom is 0.206 e. The highest BCUT2D eigenvalue weighted by Gasteiger charge is 2.29. The van der Waals surface area contributed by atoms with Crippen LogP contribution in [0.1, 0.15) is 43.2 Å². The summed E-state index contributed by atoms with van der Waals surface area (Å²) in [4.78, 5) is 6.89. The van der Waals surface area contributed by atoms with E-state index in [0.29, 0.717) is 19.1 Å². The first kappa shape index (κ1) is 13.6. The first-order valence-corrected chi connectivity index (χ1v) is 7.67. The number of furan rings is 1. The van der Waals surface area contributed by atoms with Crippen LogP contribution >= 0.6 is 11.5 Å². The molecule has 6 heteroatoms. The second kappa shape index (κ2) is 5.54. The van der Waals surface area contributed by atoms with Crippen molar-refractivity contribution < 1.29 is 9.15 Å². The molecule has 0 amide bonds. The third-order valence-electron chi connectivity index (χ3n) is 3.41. The molecule has 1 fully saturated rings. The number of morpholine rings is 1. The minimum absolute atomic E-state index is 0.0883. The van der Waals surface area contributed by atoms with E-state index in [1.165, 1.54) is 11.5 Å². The lowest BCUT2D eigenvalue weighted by atomic mass is 10.2. The van der Waals surface area contributed by atoms with Gasteiger partial charge in [-0.25, -0.2) is 4.98 Å². The second-order valence-corrected chi connectivity index (χ2v) is 6.05. The number of aromatic nitrogens is 2. The van der Waals surface area contributed by atoms with E-state index in [9.17, 15) is 0 Å². The summed E-state index contributed by atoms with van der Waals surface area (Å²) in [6, 6.07) is 4.10. The van der Waals surface area contributed by atoms with E-state index in [2.05, 4.69) is 28.1 Å². The Bertz CT molecular complexity index is 578. The Morgan fingerprint density at radius 2 is 2.25 bits per heavy atom. The van der Waals surface area contributed by atoms with Gasteiger partial charge in [0.05, 0.1) is 13.2 Å². The molecule has 2 aromatic heterocycles. The molecule has 1 aliphatic heterocycles. The summed E-state index contributed by atoms with van der Waals surface area (Å²) in [6.45, 7) is 8.34. The Morgan fingerprint density at radius 3 is 2.90 bits per heavy atom. The van der Waals surface area contributed by atoms with E-state index < -0.39 is 0 Å². The number of hydrogen-bond acceptors (Lipinski definition) is 6. The summed E-state index contributed by atoms with van der Waals surface area (Å²) in [7, 11) is 0. The highest BCUT2D eigenvalue weighted by Crippen LogP contribution is 2.32. The van der Waals surface area contributed by atoms with E-state index in [1.807, 2.05) is 19.1 Å². The number of ether oxygens (including phenoxy) is 1. The highest BCUT2D eigenvalue weighted by atomic mass is 32.1. The van der Waals surface area contributed by atoms with Gasteiger partial charge >= 0.3 is 0 Å². The monoisotopic (exact) mass is 293 g/mol. The fourth-order valence-electron chi connectivity index (χ4n) is 2.28. The average Bonchev–Trinajstić information content (AvgIpc) is 3.07. The van der Waals surface area contributed by atoms with Crippen LogP contribution in [0.15, 0.2) is 16.5 Å². The molecule has 0 aliphatic carbocycles. The predicted molar refractivity (Wildman–Crippen MR) is 78.3 cm³/mol. The van der Waals surface area contributed by atoms with E-state index in [0.717, 1.165) is 29.0 Å². The minimum atomic E-state index is 0.0883. The first-order chi connectivity index (χ1) is 9.65. The lowest BCUT2D eigenvalue weighted by Gasteiger charge is -2.33. The zero-order chi connectivity index (χ0) is 14.1. The molecule has 108 valence electrons. The molecule has 0 bridgehead atoms. The van der Waals surface area contributed by atoms with Gasteiger partial charge < -0.3 is 14.1 Å². The molecule has 1 aliphatic rings. The van der Waals surface area contributed by atoms with Crippen LogP contribution in [-0.4, -0.2) is 29.1 Å². The Balaban J connectivity index is 1.88. The third kappa shape index (κ3) is 2.58. The Labute approximate surface area is 122 Å². The molecule has 0 aromatic carbocycles.